The molecule has 0 N–H and O–H groups in total. The maximum absolute atomic E-state index is 13.1. The van der Waals surface area contributed by atoms with Gasteiger partial charge >= 0.3 is 6.18 Å². The highest BCUT2D eigenvalue weighted by Gasteiger charge is 2.45. The molecule has 22 heavy (non-hydrogen) atoms. The zero-order valence-corrected chi connectivity index (χ0v) is 12.5. The number of alkyl halides is 3. The van der Waals surface area contributed by atoms with Gasteiger partial charge in [0.2, 0.25) is 0 Å². The van der Waals surface area contributed by atoms with E-state index in [9.17, 15) is 21.6 Å². The van der Waals surface area contributed by atoms with Gasteiger partial charge in [-0.25, -0.2) is 4.18 Å². The molecule has 0 bridgehead atoms. The Bertz CT molecular complexity index is 728. The van der Waals surface area contributed by atoms with Crippen molar-refractivity contribution in [3.63, 3.8) is 0 Å². The molecule has 2 aromatic rings. The van der Waals surface area contributed by atoms with Crippen molar-refractivity contribution in [3.05, 3.63) is 65.2 Å². The molecular weight excluding hydrogens is 341 g/mol. The summed E-state index contributed by atoms with van der Waals surface area (Å²) in [5, 5.41) is 0.259. The molecule has 0 amide bonds. The Labute approximate surface area is 130 Å². The van der Waals surface area contributed by atoms with Gasteiger partial charge < -0.3 is 0 Å². The van der Waals surface area contributed by atoms with Crippen LogP contribution in [0.25, 0.3) is 0 Å². The van der Waals surface area contributed by atoms with E-state index in [0.717, 1.165) is 24.3 Å². The van der Waals surface area contributed by atoms with Crippen LogP contribution in [0.15, 0.2) is 59.5 Å². The molecule has 0 spiro atoms. The zero-order valence-electron chi connectivity index (χ0n) is 10.9. The van der Waals surface area contributed by atoms with Crippen molar-refractivity contribution in [2.45, 2.75) is 17.2 Å². The highest BCUT2D eigenvalue weighted by molar-refractivity contribution is 7.86. The highest BCUT2D eigenvalue weighted by atomic mass is 35.5. The summed E-state index contributed by atoms with van der Waals surface area (Å²) in [6.45, 7) is 0. The van der Waals surface area contributed by atoms with E-state index in [-0.39, 0.29) is 10.6 Å². The van der Waals surface area contributed by atoms with Gasteiger partial charge in [-0.1, -0.05) is 41.9 Å². The lowest BCUT2D eigenvalue weighted by atomic mass is 10.1. The average Bonchev–Trinajstić information content (AvgIpc) is 2.45. The Hall–Kier alpha value is -1.57. The quantitative estimate of drug-likeness (QED) is 0.770. The molecule has 3 nitrogen and oxygen atoms in total. The van der Waals surface area contributed by atoms with Gasteiger partial charge in [0.25, 0.3) is 10.1 Å². The van der Waals surface area contributed by atoms with Gasteiger partial charge in [0.05, 0.1) is 4.90 Å². The molecular formula is C14H10ClF3O3S. The van der Waals surface area contributed by atoms with Crippen LogP contribution in [0.1, 0.15) is 11.7 Å². The zero-order chi connectivity index (χ0) is 16.4. The molecule has 118 valence electrons. The minimum atomic E-state index is -4.87. The lowest BCUT2D eigenvalue weighted by Crippen LogP contribution is -2.26. The van der Waals surface area contributed by atoms with Crippen LogP contribution in [-0.4, -0.2) is 14.6 Å². The van der Waals surface area contributed by atoms with Crippen molar-refractivity contribution in [2.24, 2.45) is 0 Å². The van der Waals surface area contributed by atoms with E-state index >= 15 is 0 Å². The second-order valence-corrected chi connectivity index (χ2v) is 6.35. The Kier molecular flexibility index (Phi) is 4.79. The molecule has 0 aromatic heterocycles. The van der Waals surface area contributed by atoms with E-state index < -0.39 is 27.3 Å². The molecule has 0 unspecified atom stereocenters. The average molecular weight is 351 g/mol. The predicted molar refractivity (Wildman–Crippen MR) is 75.0 cm³/mol. The molecule has 0 fully saturated rings. The molecule has 1 atom stereocenters. The molecule has 0 aliphatic carbocycles. The van der Waals surface area contributed by atoms with E-state index in [2.05, 4.69) is 4.18 Å². The number of benzene rings is 2. The van der Waals surface area contributed by atoms with E-state index in [1.807, 2.05) is 0 Å². The van der Waals surface area contributed by atoms with Crippen molar-refractivity contribution in [2.75, 3.05) is 0 Å². The highest BCUT2D eigenvalue weighted by Crippen LogP contribution is 2.38. The summed E-state index contributed by atoms with van der Waals surface area (Å²) in [5.74, 6) is 0. The van der Waals surface area contributed by atoms with Gasteiger partial charge in [-0.2, -0.15) is 21.6 Å². The first-order valence-electron chi connectivity index (χ1n) is 6.01. The lowest BCUT2D eigenvalue weighted by Gasteiger charge is -2.20. The minimum Gasteiger partial charge on any atom is -0.248 e. The fourth-order valence-corrected chi connectivity index (χ4v) is 2.89. The number of rotatable bonds is 4. The van der Waals surface area contributed by atoms with Crippen LogP contribution in [-0.2, 0) is 14.3 Å². The van der Waals surface area contributed by atoms with Gasteiger partial charge in [0.1, 0.15) is 0 Å². The standard InChI is InChI=1S/C14H10ClF3O3S/c15-11-6-8-12(9-7-11)22(19,20)21-13(14(16,17)18)10-4-2-1-3-5-10/h1-9,13H/t13-/m0/s1. The van der Waals surface area contributed by atoms with Crippen molar-refractivity contribution < 1.29 is 25.8 Å². The Morgan fingerprint density at radius 3 is 2.00 bits per heavy atom. The van der Waals surface area contributed by atoms with Gasteiger partial charge in [-0.15, -0.1) is 0 Å². The first-order chi connectivity index (χ1) is 10.2. The van der Waals surface area contributed by atoms with Crippen LogP contribution < -0.4 is 0 Å². The monoisotopic (exact) mass is 350 g/mol. The molecule has 8 heteroatoms. The lowest BCUT2D eigenvalue weighted by molar-refractivity contribution is -0.196. The van der Waals surface area contributed by atoms with Gasteiger partial charge in [0, 0.05) is 5.02 Å². The molecule has 2 aromatic carbocycles. The summed E-state index contributed by atoms with van der Waals surface area (Å²) in [6.07, 6.45) is -7.45. The molecule has 0 aliphatic rings. The van der Waals surface area contributed by atoms with Crippen LogP contribution in [0, 0.1) is 0 Å². The summed E-state index contributed by atoms with van der Waals surface area (Å²) in [7, 11) is -4.59. The Morgan fingerprint density at radius 1 is 0.955 bits per heavy atom. The first-order valence-corrected chi connectivity index (χ1v) is 7.79. The molecule has 0 aliphatic heterocycles. The third kappa shape index (κ3) is 4.00. The first kappa shape index (κ1) is 16.8. The maximum atomic E-state index is 13.1. The summed E-state index contributed by atoms with van der Waals surface area (Å²) in [4.78, 5) is -0.401. The fraction of sp³-hybridized carbons (Fsp3) is 0.143. The van der Waals surface area contributed by atoms with Crippen LogP contribution in [0.3, 0.4) is 0 Å². The van der Waals surface area contributed by atoms with Crippen LogP contribution >= 0.6 is 11.6 Å². The van der Waals surface area contributed by atoms with E-state index in [1.165, 1.54) is 30.3 Å². The second kappa shape index (κ2) is 6.28. The minimum absolute atomic E-state index is 0.259. The number of hydrogen-bond donors (Lipinski definition) is 0. The van der Waals surface area contributed by atoms with E-state index in [1.54, 1.807) is 0 Å². The Morgan fingerprint density at radius 2 is 1.50 bits per heavy atom. The van der Waals surface area contributed by atoms with Crippen molar-refractivity contribution in [3.8, 4) is 0 Å². The molecule has 0 saturated carbocycles. The normalized spacial score (nSPS) is 13.8. The van der Waals surface area contributed by atoms with Crippen LogP contribution in [0.5, 0.6) is 0 Å². The smallest absolute Gasteiger partial charge is 0.248 e. The predicted octanol–water partition coefficient (Wildman–Crippen LogP) is 4.35. The van der Waals surface area contributed by atoms with Gasteiger partial charge in [-0.3, -0.25) is 0 Å². The maximum Gasteiger partial charge on any atom is 0.420 e. The van der Waals surface area contributed by atoms with Crippen LogP contribution in [0.4, 0.5) is 13.2 Å². The number of hydrogen-bond acceptors (Lipinski definition) is 3. The summed E-state index contributed by atoms with van der Waals surface area (Å²) in [5.41, 5.74) is -0.299. The topological polar surface area (TPSA) is 43.4 Å². The molecule has 0 heterocycles. The molecule has 2 rings (SSSR count). The third-order valence-corrected chi connectivity index (χ3v) is 4.27. The Balaban J connectivity index is 2.37. The fourth-order valence-electron chi connectivity index (χ4n) is 1.71. The number of halogens is 4. The summed E-state index contributed by atoms with van der Waals surface area (Å²) in [6, 6.07) is 11.2. The molecule has 0 radical (unpaired) electrons. The van der Waals surface area contributed by atoms with Crippen LogP contribution in [0.2, 0.25) is 5.02 Å². The largest absolute Gasteiger partial charge is 0.420 e. The van der Waals surface area contributed by atoms with Gasteiger partial charge in [0.15, 0.2) is 6.10 Å². The van der Waals surface area contributed by atoms with Crippen molar-refractivity contribution >= 4 is 21.7 Å². The third-order valence-electron chi connectivity index (χ3n) is 2.72. The second-order valence-electron chi connectivity index (χ2n) is 4.34. The van der Waals surface area contributed by atoms with E-state index in [4.69, 9.17) is 11.6 Å². The van der Waals surface area contributed by atoms with Crippen molar-refractivity contribution in [1.29, 1.82) is 0 Å². The van der Waals surface area contributed by atoms with Crippen molar-refractivity contribution in [1.82, 2.24) is 0 Å². The summed E-state index contributed by atoms with van der Waals surface area (Å²) < 4.78 is 67.8. The van der Waals surface area contributed by atoms with E-state index in [0.29, 0.717) is 0 Å². The summed E-state index contributed by atoms with van der Waals surface area (Å²) >= 11 is 5.62. The SMILES string of the molecule is O=S(=O)(O[C@@H](c1ccccc1)C(F)(F)F)c1ccc(Cl)cc1. The molecule has 0 saturated heterocycles. The van der Waals surface area contributed by atoms with Gasteiger partial charge in [-0.05, 0) is 29.8 Å².